The van der Waals surface area contributed by atoms with Gasteiger partial charge in [0.25, 0.3) is 0 Å². The summed E-state index contributed by atoms with van der Waals surface area (Å²) in [5.74, 6) is -0.457. The van der Waals surface area contributed by atoms with Crippen molar-refractivity contribution in [1.29, 1.82) is 0 Å². The van der Waals surface area contributed by atoms with Crippen molar-refractivity contribution in [2.45, 2.75) is 19.1 Å². The molecule has 4 nitrogen and oxygen atoms in total. The number of hydrogen-bond acceptors (Lipinski definition) is 3. The molecule has 5 heteroatoms. The number of methoxy groups -OCH3 is 1. The van der Waals surface area contributed by atoms with E-state index in [4.69, 9.17) is 10.5 Å². The first-order chi connectivity index (χ1) is 9.62. The van der Waals surface area contributed by atoms with E-state index in [1.54, 1.807) is 24.3 Å². The molecular weight excluding hydrogens is 259 g/mol. The second-order valence-electron chi connectivity index (χ2n) is 4.45. The average molecular weight is 280 g/mol. The molecule has 110 valence electrons. The third-order valence-corrected chi connectivity index (χ3v) is 3.02. The number of carbonyl (C=O) groups is 1. The van der Waals surface area contributed by atoms with Gasteiger partial charge >= 0.3 is 0 Å². The third-order valence-electron chi connectivity index (χ3n) is 3.02. The monoisotopic (exact) mass is 280 g/mol. The predicted molar refractivity (Wildman–Crippen MR) is 76.5 cm³/mol. The van der Waals surface area contributed by atoms with Crippen LogP contribution in [-0.2, 0) is 16.1 Å². The lowest BCUT2D eigenvalue weighted by molar-refractivity contribution is -0.133. The van der Waals surface area contributed by atoms with Gasteiger partial charge in [-0.1, -0.05) is 24.3 Å². The molecule has 1 aromatic carbocycles. The van der Waals surface area contributed by atoms with E-state index in [1.165, 1.54) is 18.1 Å². The van der Waals surface area contributed by atoms with Gasteiger partial charge in [0.15, 0.2) is 0 Å². The number of halogens is 1. The Kier molecular flexibility index (Phi) is 6.90. The minimum Gasteiger partial charge on any atom is -0.380 e. The molecule has 0 aliphatic heterocycles. The molecule has 0 spiro atoms. The number of carbonyl (C=O) groups excluding carboxylic acids is 1. The van der Waals surface area contributed by atoms with Crippen molar-refractivity contribution in [3.05, 3.63) is 48.3 Å². The molecule has 1 amide bonds. The highest BCUT2D eigenvalue weighted by Crippen LogP contribution is 2.12. The van der Waals surface area contributed by atoms with Crippen LogP contribution in [0.5, 0.6) is 0 Å². The van der Waals surface area contributed by atoms with Crippen LogP contribution in [0.3, 0.4) is 0 Å². The van der Waals surface area contributed by atoms with Crippen LogP contribution >= 0.6 is 0 Å². The van der Waals surface area contributed by atoms with Gasteiger partial charge in [0, 0.05) is 32.3 Å². The normalized spacial score (nSPS) is 11.9. The van der Waals surface area contributed by atoms with E-state index in [9.17, 15) is 9.18 Å². The number of nitrogens with two attached hydrogens (primary N) is 1. The Labute approximate surface area is 119 Å². The Bertz CT molecular complexity index is 447. The lowest BCUT2D eigenvalue weighted by atomic mass is 10.1. The molecule has 0 radical (unpaired) electrons. The largest absolute Gasteiger partial charge is 0.380 e. The van der Waals surface area contributed by atoms with Crippen molar-refractivity contribution in [2.75, 3.05) is 20.2 Å². The highest BCUT2D eigenvalue weighted by molar-refractivity contribution is 5.77. The molecule has 0 heterocycles. The predicted octanol–water partition coefficient (Wildman–Crippen LogP) is 1.70. The summed E-state index contributed by atoms with van der Waals surface area (Å²) in [5.41, 5.74) is 5.98. The van der Waals surface area contributed by atoms with Crippen LogP contribution in [0.25, 0.3) is 0 Å². The van der Waals surface area contributed by atoms with E-state index in [-0.39, 0.29) is 37.3 Å². The number of rotatable bonds is 8. The Morgan fingerprint density at radius 2 is 2.25 bits per heavy atom. The summed E-state index contributed by atoms with van der Waals surface area (Å²) in [4.78, 5) is 13.7. The molecule has 20 heavy (non-hydrogen) atoms. The standard InChI is InChI=1S/C15H21FN2O2/c1-3-8-18(15(19)9-13(10-17)20-2)11-12-6-4-5-7-14(12)16/h3-7,13H,1,8-11,17H2,2H3. The molecule has 0 aliphatic rings. The van der Waals surface area contributed by atoms with Crippen molar-refractivity contribution in [3.8, 4) is 0 Å². The zero-order valence-corrected chi connectivity index (χ0v) is 11.7. The Balaban J connectivity index is 2.75. The Morgan fingerprint density at radius 3 is 2.80 bits per heavy atom. The maximum atomic E-state index is 13.6. The topological polar surface area (TPSA) is 55.6 Å². The molecular formula is C15H21FN2O2. The number of nitrogens with zero attached hydrogens (tertiary/aromatic N) is 1. The molecule has 0 fully saturated rings. The summed E-state index contributed by atoms with van der Waals surface area (Å²) in [7, 11) is 1.51. The lowest BCUT2D eigenvalue weighted by Crippen LogP contribution is -2.36. The Morgan fingerprint density at radius 1 is 1.55 bits per heavy atom. The summed E-state index contributed by atoms with van der Waals surface area (Å²) in [6.07, 6.45) is 1.47. The number of hydrogen-bond donors (Lipinski definition) is 1. The van der Waals surface area contributed by atoms with Crippen LogP contribution in [0, 0.1) is 5.82 Å². The van der Waals surface area contributed by atoms with Gasteiger partial charge < -0.3 is 15.4 Å². The molecule has 1 atom stereocenters. The van der Waals surface area contributed by atoms with Crippen molar-refractivity contribution < 1.29 is 13.9 Å². The molecule has 0 saturated carbocycles. The van der Waals surface area contributed by atoms with Gasteiger partial charge in [-0.05, 0) is 6.07 Å². The van der Waals surface area contributed by atoms with Crippen molar-refractivity contribution in [2.24, 2.45) is 5.73 Å². The second kappa shape index (κ2) is 8.45. The smallest absolute Gasteiger partial charge is 0.225 e. The van der Waals surface area contributed by atoms with Gasteiger partial charge in [-0.15, -0.1) is 6.58 Å². The fraction of sp³-hybridized carbons (Fsp3) is 0.400. The van der Waals surface area contributed by atoms with Crippen molar-refractivity contribution in [1.82, 2.24) is 4.90 Å². The first-order valence-corrected chi connectivity index (χ1v) is 6.47. The lowest BCUT2D eigenvalue weighted by Gasteiger charge is -2.23. The molecule has 0 bridgehead atoms. The minimum atomic E-state index is -0.324. The van der Waals surface area contributed by atoms with E-state index in [0.29, 0.717) is 12.1 Å². The fourth-order valence-electron chi connectivity index (χ4n) is 1.83. The zero-order valence-electron chi connectivity index (χ0n) is 11.7. The van der Waals surface area contributed by atoms with E-state index in [1.807, 2.05) is 0 Å². The maximum Gasteiger partial charge on any atom is 0.225 e. The minimum absolute atomic E-state index is 0.134. The summed E-state index contributed by atoms with van der Waals surface area (Å²) in [6, 6.07) is 6.40. The number of amides is 1. The van der Waals surface area contributed by atoms with E-state index >= 15 is 0 Å². The zero-order chi connectivity index (χ0) is 15.0. The second-order valence-corrected chi connectivity index (χ2v) is 4.45. The first kappa shape index (κ1) is 16.3. The fourth-order valence-corrected chi connectivity index (χ4v) is 1.83. The van der Waals surface area contributed by atoms with Gasteiger partial charge in [0.1, 0.15) is 5.82 Å². The molecule has 1 aromatic rings. The average Bonchev–Trinajstić information content (AvgIpc) is 2.46. The van der Waals surface area contributed by atoms with Crippen LogP contribution in [0.4, 0.5) is 4.39 Å². The van der Waals surface area contributed by atoms with Gasteiger partial charge in [0.2, 0.25) is 5.91 Å². The summed E-state index contributed by atoms with van der Waals surface area (Å²) >= 11 is 0. The Hall–Kier alpha value is -1.72. The number of ether oxygens (including phenoxy) is 1. The number of benzene rings is 1. The summed E-state index contributed by atoms with van der Waals surface area (Å²) in [6.45, 7) is 4.45. The van der Waals surface area contributed by atoms with Crippen molar-refractivity contribution in [3.63, 3.8) is 0 Å². The van der Waals surface area contributed by atoms with Crippen LogP contribution in [0.2, 0.25) is 0 Å². The highest BCUT2D eigenvalue weighted by Gasteiger charge is 2.18. The van der Waals surface area contributed by atoms with Gasteiger partial charge in [0.05, 0.1) is 12.5 Å². The molecule has 1 rings (SSSR count). The van der Waals surface area contributed by atoms with Crippen LogP contribution < -0.4 is 5.73 Å². The van der Waals surface area contributed by atoms with E-state index in [2.05, 4.69) is 6.58 Å². The summed E-state index contributed by atoms with van der Waals surface area (Å²) in [5, 5.41) is 0. The van der Waals surface area contributed by atoms with Crippen LogP contribution in [-0.4, -0.2) is 37.1 Å². The molecule has 0 aromatic heterocycles. The van der Waals surface area contributed by atoms with Crippen molar-refractivity contribution >= 4 is 5.91 Å². The summed E-state index contributed by atoms with van der Waals surface area (Å²) < 4.78 is 18.7. The van der Waals surface area contributed by atoms with Gasteiger partial charge in [-0.2, -0.15) is 0 Å². The van der Waals surface area contributed by atoms with E-state index < -0.39 is 0 Å². The third kappa shape index (κ3) is 4.75. The molecule has 1 unspecified atom stereocenters. The molecule has 0 saturated heterocycles. The SMILES string of the molecule is C=CCN(Cc1ccccc1F)C(=O)CC(CN)OC. The molecule has 0 aliphatic carbocycles. The van der Waals surface area contributed by atoms with Gasteiger partial charge in [-0.3, -0.25) is 4.79 Å². The van der Waals surface area contributed by atoms with Crippen LogP contribution in [0.15, 0.2) is 36.9 Å². The van der Waals surface area contributed by atoms with Crippen LogP contribution in [0.1, 0.15) is 12.0 Å². The van der Waals surface area contributed by atoms with Gasteiger partial charge in [-0.25, -0.2) is 4.39 Å². The maximum absolute atomic E-state index is 13.6. The van der Waals surface area contributed by atoms with E-state index in [0.717, 1.165) is 0 Å². The highest BCUT2D eigenvalue weighted by atomic mass is 19.1. The first-order valence-electron chi connectivity index (χ1n) is 6.47. The quantitative estimate of drug-likeness (QED) is 0.737. The molecule has 2 N–H and O–H groups in total.